The first-order valence-corrected chi connectivity index (χ1v) is 12.8. The van der Waals surface area contributed by atoms with Crippen LogP contribution in [0.3, 0.4) is 0 Å². The van der Waals surface area contributed by atoms with Crippen LogP contribution >= 0.6 is 0 Å². The Labute approximate surface area is 203 Å². The molecule has 3 N–H and O–H groups in total. The number of carbonyl (C=O) groups is 2. The molecule has 0 aromatic heterocycles. The molecular weight excluding hydrogens is 424 g/mol. The molecule has 0 bridgehead atoms. The first kappa shape index (κ1) is 24.3. The summed E-state index contributed by atoms with van der Waals surface area (Å²) in [4.78, 5) is 27.5. The Morgan fingerprint density at radius 1 is 0.794 bits per heavy atom. The molecule has 2 fully saturated rings. The van der Waals surface area contributed by atoms with E-state index in [4.69, 9.17) is 0 Å². The molecule has 1 aliphatic carbocycles. The maximum absolute atomic E-state index is 12.9. The smallest absolute Gasteiger partial charge is 0.315 e. The third-order valence-corrected chi connectivity index (χ3v) is 7.05. The van der Waals surface area contributed by atoms with Gasteiger partial charge < -0.3 is 16.0 Å². The second kappa shape index (κ2) is 12.6. The summed E-state index contributed by atoms with van der Waals surface area (Å²) >= 11 is 0. The molecule has 6 heteroatoms. The van der Waals surface area contributed by atoms with Gasteiger partial charge >= 0.3 is 6.03 Å². The third kappa shape index (κ3) is 7.59. The molecule has 1 saturated carbocycles. The lowest BCUT2D eigenvalue weighted by Crippen LogP contribution is -2.51. The fourth-order valence-corrected chi connectivity index (χ4v) is 5.13. The summed E-state index contributed by atoms with van der Waals surface area (Å²) < 4.78 is 0. The van der Waals surface area contributed by atoms with Gasteiger partial charge in [0.15, 0.2) is 0 Å². The van der Waals surface area contributed by atoms with E-state index >= 15 is 0 Å². The van der Waals surface area contributed by atoms with Crippen molar-refractivity contribution < 1.29 is 9.59 Å². The normalized spacial score (nSPS) is 18.7. The molecule has 1 aliphatic heterocycles. The van der Waals surface area contributed by atoms with Gasteiger partial charge in [0, 0.05) is 25.2 Å². The Hall–Kier alpha value is -2.86. The summed E-state index contributed by atoms with van der Waals surface area (Å²) in [6.07, 6.45) is 8.39. The van der Waals surface area contributed by atoms with Crippen LogP contribution in [0.2, 0.25) is 0 Å². The maximum atomic E-state index is 12.9. The Balaban J connectivity index is 1.22. The summed E-state index contributed by atoms with van der Waals surface area (Å²) in [7, 11) is 0. The van der Waals surface area contributed by atoms with Gasteiger partial charge in [0.25, 0.3) is 0 Å². The monoisotopic (exact) mass is 462 g/mol. The Kier molecular flexibility index (Phi) is 8.97. The molecule has 0 radical (unpaired) electrons. The minimum Gasteiger partial charge on any atom is -0.348 e. The minimum absolute atomic E-state index is 0.0327. The molecule has 0 spiro atoms. The topological polar surface area (TPSA) is 73.5 Å². The van der Waals surface area contributed by atoms with Gasteiger partial charge in [0.1, 0.15) is 0 Å². The van der Waals surface area contributed by atoms with Crippen molar-refractivity contribution in [3.8, 4) is 0 Å². The van der Waals surface area contributed by atoms with Crippen LogP contribution < -0.4 is 16.0 Å². The van der Waals surface area contributed by atoms with Crippen LogP contribution in [-0.4, -0.2) is 48.6 Å². The Morgan fingerprint density at radius 3 is 2.03 bits per heavy atom. The molecule has 2 aliphatic rings. The van der Waals surface area contributed by atoms with Crippen LogP contribution in [0.25, 0.3) is 0 Å². The zero-order valence-electron chi connectivity index (χ0n) is 20.0. The van der Waals surface area contributed by atoms with Crippen LogP contribution in [0.5, 0.6) is 0 Å². The molecule has 2 aromatic rings. The van der Waals surface area contributed by atoms with E-state index in [1.165, 1.54) is 24.8 Å². The van der Waals surface area contributed by atoms with Crippen LogP contribution in [0.1, 0.15) is 62.1 Å². The highest BCUT2D eigenvalue weighted by molar-refractivity contribution is 5.78. The van der Waals surface area contributed by atoms with Crippen LogP contribution in [-0.2, 0) is 11.2 Å². The molecule has 2 aromatic carbocycles. The van der Waals surface area contributed by atoms with E-state index in [1.54, 1.807) is 0 Å². The van der Waals surface area contributed by atoms with Gasteiger partial charge in [-0.2, -0.15) is 0 Å². The first-order valence-electron chi connectivity index (χ1n) is 12.8. The molecule has 182 valence electrons. The van der Waals surface area contributed by atoms with Gasteiger partial charge in [0.05, 0.1) is 12.6 Å². The number of piperidine rings is 1. The number of nitrogens with one attached hydrogen (secondary N) is 3. The van der Waals surface area contributed by atoms with Crippen molar-refractivity contribution in [2.24, 2.45) is 0 Å². The van der Waals surface area contributed by atoms with Gasteiger partial charge in [-0.1, -0.05) is 79.9 Å². The molecule has 1 heterocycles. The fourth-order valence-electron chi connectivity index (χ4n) is 5.13. The van der Waals surface area contributed by atoms with E-state index in [9.17, 15) is 9.59 Å². The van der Waals surface area contributed by atoms with Crippen molar-refractivity contribution in [1.82, 2.24) is 20.9 Å². The molecule has 1 unspecified atom stereocenters. The number of hydrogen-bond donors (Lipinski definition) is 3. The van der Waals surface area contributed by atoms with Crippen molar-refractivity contribution in [3.63, 3.8) is 0 Å². The van der Waals surface area contributed by atoms with Crippen LogP contribution in [0.15, 0.2) is 60.7 Å². The minimum atomic E-state index is -0.0567. The largest absolute Gasteiger partial charge is 0.348 e. The summed E-state index contributed by atoms with van der Waals surface area (Å²) in [6.45, 7) is 2.02. The highest BCUT2D eigenvalue weighted by Crippen LogP contribution is 2.19. The van der Waals surface area contributed by atoms with Crippen molar-refractivity contribution in [3.05, 3.63) is 71.8 Å². The molecular formula is C28H38N4O2. The third-order valence-electron chi connectivity index (χ3n) is 7.05. The SMILES string of the molecule is O=C(CN1CCC(NC(=O)NC2CCCCC2)CC1)NC(Cc1ccccc1)c1ccccc1. The first-order chi connectivity index (χ1) is 16.7. The van der Waals surface area contributed by atoms with Crippen molar-refractivity contribution in [2.75, 3.05) is 19.6 Å². The molecule has 1 atom stereocenters. The van der Waals surface area contributed by atoms with Crippen molar-refractivity contribution in [2.45, 2.75) is 69.5 Å². The van der Waals surface area contributed by atoms with E-state index < -0.39 is 0 Å². The van der Waals surface area contributed by atoms with Gasteiger partial charge in [-0.15, -0.1) is 0 Å². The number of likely N-dealkylation sites (tertiary alicyclic amines) is 1. The second-order valence-corrected chi connectivity index (χ2v) is 9.72. The van der Waals surface area contributed by atoms with Gasteiger partial charge in [-0.05, 0) is 43.2 Å². The maximum Gasteiger partial charge on any atom is 0.315 e. The highest BCUT2D eigenvalue weighted by atomic mass is 16.2. The van der Waals surface area contributed by atoms with Crippen LogP contribution in [0.4, 0.5) is 4.79 Å². The summed E-state index contributed by atoms with van der Waals surface area (Å²) in [6, 6.07) is 20.9. The standard InChI is InChI=1S/C28H38N4O2/c33-27(31-26(23-12-6-2-7-13-23)20-22-10-4-1-5-11-22)21-32-18-16-25(17-19-32)30-28(34)29-24-14-8-3-9-15-24/h1-2,4-7,10-13,24-26H,3,8-9,14-21H2,(H,31,33)(H2,29,30,34). The molecule has 6 nitrogen and oxygen atoms in total. The highest BCUT2D eigenvalue weighted by Gasteiger charge is 2.24. The number of rotatable bonds is 8. The zero-order chi connectivity index (χ0) is 23.6. The second-order valence-electron chi connectivity index (χ2n) is 9.72. The van der Waals surface area contributed by atoms with E-state index in [2.05, 4.69) is 45.1 Å². The van der Waals surface area contributed by atoms with Gasteiger partial charge in [-0.25, -0.2) is 4.79 Å². The summed E-state index contributed by atoms with van der Waals surface area (Å²) in [5.74, 6) is 0.0474. The van der Waals surface area contributed by atoms with Crippen molar-refractivity contribution in [1.29, 1.82) is 0 Å². The fraction of sp³-hybridized carbons (Fsp3) is 0.500. The average Bonchev–Trinajstić information content (AvgIpc) is 2.86. The van der Waals surface area contributed by atoms with E-state index in [-0.39, 0.29) is 24.0 Å². The lowest BCUT2D eigenvalue weighted by atomic mass is 9.96. The number of carbonyl (C=O) groups excluding carboxylic acids is 2. The van der Waals surface area contributed by atoms with Crippen molar-refractivity contribution >= 4 is 11.9 Å². The van der Waals surface area contributed by atoms with Gasteiger partial charge in [-0.3, -0.25) is 9.69 Å². The van der Waals surface area contributed by atoms with E-state index in [1.807, 2.05) is 36.4 Å². The average molecular weight is 463 g/mol. The molecule has 3 amide bonds. The molecule has 4 rings (SSSR count). The predicted molar refractivity (Wildman–Crippen MR) is 135 cm³/mol. The number of nitrogens with zero attached hydrogens (tertiary/aromatic N) is 1. The quantitative estimate of drug-likeness (QED) is 0.551. The predicted octanol–water partition coefficient (Wildman–Crippen LogP) is 4.18. The zero-order valence-corrected chi connectivity index (χ0v) is 20.0. The number of urea groups is 1. The summed E-state index contributed by atoms with van der Waals surface area (Å²) in [5.41, 5.74) is 2.32. The lowest BCUT2D eigenvalue weighted by Gasteiger charge is -2.33. The number of amides is 3. The summed E-state index contributed by atoms with van der Waals surface area (Å²) in [5, 5.41) is 9.54. The van der Waals surface area contributed by atoms with E-state index in [0.717, 1.165) is 50.8 Å². The van der Waals surface area contributed by atoms with E-state index in [0.29, 0.717) is 12.6 Å². The number of hydrogen-bond acceptors (Lipinski definition) is 3. The lowest BCUT2D eigenvalue weighted by molar-refractivity contribution is -0.123. The molecule has 1 saturated heterocycles. The van der Waals surface area contributed by atoms with Gasteiger partial charge in [0.2, 0.25) is 5.91 Å². The van der Waals surface area contributed by atoms with Crippen LogP contribution in [0, 0.1) is 0 Å². The molecule has 34 heavy (non-hydrogen) atoms. The number of benzene rings is 2. The Morgan fingerprint density at radius 2 is 1.38 bits per heavy atom. The Bertz CT molecular complexity index is 891.